The van der Waals surface area contributed by atoms with Crippen molar-refractivity contribution < 1.29 is 0 Å². The van der Waals surface area contributed by atoms with E-state index in [2.05, 4.69) is 20.8 Å². The summed E-state index contributed by atoms with van der Waals surface area (Å²) in [5, 5.41) is 6.86. The maximum Gasteiger partial charge on any atom is -0.00477 e. The third-order valence-electron chi connectivity index (χ3n) is 2.41. The highest BCUT2D eigenvalue weighted by Crippen LogP contribution is 2.26. The van der Waals surface area contributed by atoms with Crippen molar-refractivity contribution in [3.63, 3.8) is 0 Å². The molecule has 0 aromatic heterocycles. The van der Waals surface area contributed by atoms with Gasteiger partial charge in [-0.05, 0) is 30.9 Å². The zero-order valence-corrected chi connectivity index (χ0v) is 8.11. The fourth-order valence-corrected chi connectivity index (χ4v) is 1.03. The van der Waals surface area contributed by atoms with Crippen LogP contribution in [-0.4, -0.2) is 6.21 Å². The molecule has 0 spiro atoms. The molecule has 0 bridgehead atoms. The van der Waals surface area contributed by atoms with Crippen LogP contribution in [0.15, 0.2) is 0 Å². The number of hydrogen-bond acceptors (Lipinski definition) is 1. The lowest BCUT2D eigenvalue weighted by Crippen LogP contribution is -2.08. The molecule has 0 heterocycles. The first-order valence-corrected chi connectivity index (χ1v) is 4.61. The molecular formula is C10H21N. The van der Waals surface area contributed by atoms with Gasteiger partial charge >= 0.3 is 0 Å². The Balaban J connectivity index is 3.29. The summed E-state index contributed by atoms with van der Waals surface area (Å²) in [7, 11) is 0. The van der Waals surface area contributed by atoms with Gasteiger partial charge < -0.3 is 5.41 Å². The predicted molar refractivity (Wildman–Crippen MR) is 51.3 cm³/mol. The molecule has 1 heteroatoms. The van der Waals surface area contributed by atoms with Gasteiger partial charge in [-0.2, -0.15) is 0 Å². The molecule has 0 aliphatic carbocycles. The molecular weight excluding hydrogens is 134 g/mol. The average molecular weight is 155 g/mol. The van der Waals surface area contributed by atoms with Gasteiger partial charge in [0.1, 0.15) is 0 Å². The molecule has 0 amide bonds. The first-order chi connectivity index (χ1) is 5.12. The Kier molecular flexibility index (Phi) is 5.18. The van der Waals surface area contributed by atoms with Crippen LogP contribution in [0.1, 0.15) is 52.9 Å². The van der Waals surface area contributed by atoms with E-state index in [1.54, 1.807) is 0 Å². The quantitative estimate of drug-likeness (QED) is 0.447. The molecule has 0 aromatic carbocycles. The summed E-state index contributed by atoms with van der Waals surface area (Å²) in [5.74, 6) is 0. The largest absolute Gasteiger partial charge is 0.313 e. The lowest BCUT2D eigenvalue weighted by molar-refractivity contribution is 0.310. The first-order valence-electron chi connectivity index (χ1n) is 4.61. The highest BCUT2D eigenvalue weighted by molar-refractivity contribution is 5.52. The van der Waals surface area contributed by atoms with E-state index >= 15 is 0 Å². The van der Waals surface area contributed by atoms with Crippen molar-refractivity contribution in [1.82, 2.24) is 0 Å². The molecule has 0 saturated carbocycles. The summed E-state index contributed by atoms with van der Waals surface area (Å²) < 4.78 is 0. The van der Waals surface area contributed by atoms with E-state index in [0.717, 1.165) is 6.42 Å². The molecule has 1 N–H and O–H groups in total. The summed E-state index contributed by atoms with van der Waals surface area (Å²) >= 11 is 0. The SMILES string of the molecule is CCC(C)(C)CCCCC=N. The summed E-state index contributed by atoms with van der Waals surface area (Å²) in [5.41, 5.74) is 0.516. The molecule has 0 unspecified atom stereocenters. The van der Waals surface area contributed by atoms with Crippen LogP contribution in [0.4, 0.5) is 0 Å². The van der Waals surface area contributed by atoms with Crippen molar-refractivity contribution in [1.29, 1.82) is 5.41 Å². The Morgan fingerprint density at radius 2 is 1.91 bits per heavy atom. The van der Waals surface area contributed by atoms with Gasteiger partial charge in [0, 0.05) is 0 Å². The maximum atomic E-state index is 6.86. The highest BCUT2D eigenvalue weighted by Gasteiger charge is 2.13. The van der Waals surface area contributed by atoms with Crippen LogP contribution < -0.4 is 0 Å². The fourth-order valence-electron chi connectivity index (χ4n) is 1.03. The lowest BCUT2D eigenvalue weighted by atomic mass is 9.84. The Labute approximate surface area is 70.7 Å². The van der Waals surface area contributed by atoms with Gasteiger partial charge in [-0.15, -0.1) is 0 Å². The first kappa shape index (κ1) is 10.7. The summed E-state index contributed by atoms with van der Waals surface area (Å²) in [6.07, 6.45) is 7.50. The third kappa shape index (κ3) is 6.08. The zero-order chi connectivity index (χ0) is 8.74. The van der Waals surface area contributed by atoms with Gasteiger partial charge in [0.2, 0.25) is 0 Å². The Bertz CT molecular complexity index is 105. The monoisotopic (exact) mass is 155 g/mol. The van der Waals surface area contributed by atoms with E-state index in [4.69, 9.17) is 5.41 Å². The van der Waals surface area contributed by atoms with Gasteiger partial charge in [-0.3, -0.25) is 0 Å². The second kappa shape index (κ2) is 5.34. The normalized spacial score (nSPS) is 11.5. The molecule has 11 heavy (non-hydrogen) atoms. The van der Waals surface area contributed by atoms with Crippen LogP contribution in [0.25, 0.3) is 0 Å². The van der Waals surface area contributed by atoms with Gasteiger partial charge in [-0.25, -0.2) is 0 Å². The smallest absolute Gasteiger partial charge is 0.00477 e. The van der Waals surface area contributed by atoms with Crippen molar-refractivity contribution in [2.45, 2.75) is 52.9 Å². The van der Waals surface area contributed by atoms with Gasteiger partial charge in [0.15, 0.2) is 0 Å². The van der Waals surface area contributed by atoms with E-state index in [1.165, 1.54) is 31.9 Å². The second-order valence-corrected chi connectivity index (χ2v) is 3.97. The van der Waals surface area contributed by atoms with Crippen molar-refractivity contribution >= 4 is 6.21 Å². The van der Waals surface area contributed by atoms with Crippen molar-refractivity contribution in [2.24, 2.45) is 5.41 Å². The summed E-state index contributed by atoms with van der Waals surface area (Å²) in [4.78, 5) is 0. The molecule has 1 nitrogen and oxygen atoms in total. The zero-order valence-electron chi connectivity index (χ0n) is 8.11. The van der Waals surface area contributed by atoms with Crippen LogP contribution in [0.3, 0.4) is 0 Å². The Hall–Kier alpha value is -0.330. The number of nitrogens with one attached hydrogen (secondary N) is 1. The van der Waals surface area contributed by atoms with Crippen molar-refractivity contribution in [3.8, 4) is 0 Å². The standard InChI is InChI=1S/C10H21N/c1-4-10(2,3)8-6-5-7-9-11/h9,11H,4-8H2,1-3H3. The molecule has 0 aromatic rings. The van der Waals surface area contributed by atoms with Crippen LogP contribution in [0.5, 0.6) is 0 Å². The average Bonchev–Trinajstić information content (AvgIpc) is 1.99. The fraction of sp³-hybridized carbons (Fsp3) is 0.900. The lowest BCUT2D eigenvalue weighted by Gasteiger charge is -2.21. The minimum atomic E-state index is 0.516. The maximum absolute atomic E-state index is 6.86. The molecule has 0 aliphatic heterocycles. The van der Waals surface area contributed by atoms with Crippen molar-refractivity contribution in [2.75, 3.05) is 0 Å². The number of rotatable bonds is 6. The van der Waals surface area contributed by atoms with Crippen LogP contribution in [0, 0.1) is 10.8 Å². The minimum Gasteiger partial charge on any atom is -0.313 e. The van der Waals surface area contributed by atoms with Crippen LogP contribution in [-0.2, 0) is 0 Å². The number of hydrogen-bond donors (Lipinski definition) is 1. The van der Waals surface area contributed by atoms with Crippen molar-refractivity contribution in [3.05, 3.63) is 0 Å². The molecule has 0 rings (SSSR count). The number of unbranched alkanes of at least 4 members (excludes halogenated alkanes) is 2. The van der Waals surface area contributed by atoms with E-state index in [1.807, 2.05) is 0 Å². The Morgan fingerprint density at radius 1 is 1.27 bits per heavy atom. The molecule has 66 valence electrons. The van der Waals surface area contributed by atoms with Crippen LogP contribution in [0.2, 0.25) is 0 Å². The predicted octanol–water partition coefficient (Wildman–Crippen LogP) is 3.63. The van der Waals surface area contributed by atoms with Gasteiger partial charge in [0.25, 0.3) is 0 Å². The van der Waals surface area contributed by atoms with E-state index in [0.29, 0.717) is 5.41 Å². The van der Waals surface area contributed by atoms with Crippen LogP contribution >= 0.6 is 0 Å². The molecule has 0 fully saturated rings. The van der Waals surface area contributed by atoms with E-state index < -0.39 is 0 Å². The van der Waals surface area contributed by atoms with E-state index in [-0.39, 0.29) is 0 Å². The second-order valence-electron chi connectivity index (χ2n) is 3.97. The summed E-state index contributed by atoms with van der Waals surface area (Å²) in [6.45, 7) is 6.88. The third-order valence-corrected chi connectivity index (χ3v) is 2.41. The molecule has 0 saturated heterocycles. The van der Waals surface area contributed by atoms with Gasteiger partial charge in [0.05, 0.1) is 0 Å². The van der Waals surface area contributed by atoms with E-state index in [9.17, 15) is 0 Å². The Morgan fingerprint density at radius 3 is 2.36 bits per heavy atom. The molecule has 0 aliphatic rings. The van der Waals surface area contributed by atoms with Gasteiger partial charge in [-0.1, -0.05) is 33.6 Å². The molecule has 0 radical (unpaired) electrons. The molecule has 0 atom stereocenters. The minimum absolute atomic E-state index is 0.516. The summed E-state index contributed by atoms with van der Waals surface area (Å²) in [6, 6.07) is 0. The topological polar surface area (TPSA) is 23.9 Å². The highest BCUT2D eigenvalue weighted by atomic mass is 14.3.